The average molecular weight is 311 g/mol. The van der Waals surface area contributed by atoms with Crippen LogP contribution < -0.4 is 0 Å². The van der Waals surface area contributed by atoms with Crippen molar-refractivity contribution < 1.29 is 0 Å². The molecule has 0 heteroatoms. The molecular weight excluding hydrogens is 264 g/mol. The van der Waals surface area contributed by atoms with Gasteiger partial charge in [0.2, 0.25) is 0 Å². The summed E-state index contributed by atoms with van der Waals surface area (Å²) < 4.78 is 0. The molecule has 0 aliphatic carbocycles. The van der Waals surface area contributed by atoms with Crippen molar-refractivity contribution in [3.8, 4) is 0 Å². The fraction of sp³-hybridized carbons (Fsp3) is 1.00. The van der Waals surface area contributed by atoms with Crippen molar-refractivity contribution in [1.29, 1.82) is 0 Å². The van der Waals surface area contributed by atoms with Crippen molar-refractivity contribution in [2.24, 2.45) is 11.3 Å². The van der Waals surface area contributed by atoms with Gasteiger partial charge in [-0.2, -0.15) is 0 Å². The third-order valence-corrected chi connectivity index (χ3v) is 4.97. The second-order valence-electron chi connectivity index (χ2n) is 8.72. The summed E-state index contributed by atoms with van der Waals surface area (Å²) in [6.45, 7) is 11.8. The fourth-order valence-electron chi connectivity index (χ4n) is 3.42. The van der Waals surface area contributed by atoms with E-state index in [9.17, 15) is 0 Å². The standard InChI is InChI=1S/C22H46/c1-6-8-10-13-17-21(18-14-11-9-7-2)19-15-12-16-20-22(3,4)5/h21H,6-20H2,1-5H3. The summed E-state index contributed by atoms with van der Waals surface area (Å²) in [4.78, 5) is 0. The van der Waals surface area contributed by atoms with Crippen molar-refractivity contribution in [1.82, 2.24) is 0 Å². The molecule has 0 saturated carbocycles. The summed E-state index contributed by atoms with van der Waals surface area (Å²) in [7, 11) is 0. The Morgan fingerprint density at radius 3 is 1.32 bits per heavy atom. The number of rotatable bonds is 15. The Labute approximate surface area is 142 Å². The highest BCUT2D eigenvalue weighted by Crippen LogP contribution is 2.26. The Hall–Kier alpha value is 0. The van der Waals surface area contributed by atoms with E-state index in [1.54, 1.807) is 0 Å². The van der Waals surface area contributed by atoms with Crippen LogP contribution in [0.1, 0.15) is 131 Å². The fourth-order valence-corrected chi connectivity index (χ4v) is 3.42. The van der Waals surface area contributed by atoms with Gasteiger partial charge in [0.05, 0.1) is 0 Å². The number of unbranched alkanes of at least 4 members (excludes halogenated alkanes) is 8. The highest BCUT2D eigenvalue weighted by molar-refractivity contribution is 4.64. The van der Waals surface area contributed by atoms with Crippen LogP contribution in [-0.4, -0.2) is 0 Å². The maximum atomic E-state index is 2.37. The van der Waals surface area contributed by atoms with E-state index in [1.165, 1.54) is 96.3 Å². The quantitative estimate of drug-likeness (QED) is 0.266. The van der Waals surface area contributed by atoms with Crippen LogP contribution in [0.5, 0.6) is 0 Å². The van der Waals surface area contributed by atoms with Crippen molar-refractivity contribution in [2.75, 3.05) is 0 Å². The van der Waals surface area contributed by atoms with Crippen molar-refractivity contribution in [2.45, 2.75) is 131 Å². The minimum Gasteiger partial charge on any atom is -0.0654 e. The van der Waals surface area contributed by atoms with E-state index in [2.05, 4.69) is 34.6 Å². The highest BCUT2D eigenvalue weighted by Gasteiger charge is 2.11. The molecule has 0 N–H and O–H groups in total. The Balaban J connectivity index is 3.79. The Morgan fingerprint density at radius 1 is 0.545 bits per heavy atom. The lowest BCUT2D eigenvalue weighted by Gasteiger charge is -2.19. The predicted molar refractivity (Wildman–Crippen MR) is 104 cm³/mol. The van der Waals surface area contributed by atoms with Crippen LogP contribution in [0, 0.1) is 11.3 Å². The molecule has 0 unspecified atom stereocenters. The lowest BCUT2D eigenvalue weighted by atomic mass is 9.87. The van der Waals surface area contributed by atoms with Gasteiger partial charge in [-0.3, -0.25) is 0 Å². The molecule has 0 amide bonds. The molecule has 0 bridgehead atoms. The van der Waals surface area contributed by atoms with E-state index in [0.29, 0.717) is 5.41 Å². The zero-order valence-electron chi connectivity index (χ0n) is 16.7. The molecule has 0 fully saturated rings. The van der Waals surface area contributed by atoms with Crippen LogP contribution in [0.2, 0.25) is 0 Å². The van der Waals surface area contributed by atoms with Crippen LogP contribution in [-0.2, 0) is 0 Å². The molecule has 0 nitrogen and oxygen atoms in total. The van der Waals surface area contributed by atoms with Crippen LogP contribution in [0.25, 0.3) is 0 Å². The molecule has 0 aromatic rings. The summed E-state index contributed by atoms with van der Waals surface area (Å²) in [5.74, 6) is 1.03. The molecule has 0 aromatic heterocycles. The van der Waals surface area contributed by atoms with Gasteiger partial charge in [-0.15, -0.1) is 0 Å². The molecule has 0 spiro atoms. The summed E-state index contributed by atoms with van der Waals surface area (Å²) >= 11 is 0. The zero-order valence-corrected chi connectivity index (χ0v) is 16.7. The van der Waals surface area contributed by atoms with Crippen molar-refractivity contribution >= 4 is 0 Å². The van der Waals surface area contributed by atoms with Gasteiger partial charge in [0, 0.05) is 0 Å². The molecule has 0 atom stereocenters. The van der Waals surface area contributed by atoms with Crippen LogP contribution >= 0.6 is 0 Å². The third-order valence-electron chi connectivity index (χ3n) is 4.97. The van der Waals surface area contributed by atoms with Crippen LogP contribution in [0.15, 0.2) is 0 Å². The van der Waals surface area contributed by atoms with E-state index in [4.69, 9.17) is 0 Å². The second-order valence-corrected chi connectivity index (χ2v) is 8.72. The minimum atomic E-state index is 0.527. The van der Waals surface area contributed by atoms with E-state index in [0.717, 1.165) is 5.92 Å². The first-order valence-electron chi connectivity index (χ1n) is 10.5. The first-order chi connectivity index (χ1) is 10.5. The van der Waals surface area contributed by atoms with E-state index < -0.39 is 0 Å². The topological polar surface area (TPSA) is 0 Å². The molecular formula is C22H46. The van der Waals surface area contributed by atoms with Gasteiger partial charge in [-0.1, -0.05) is 125 Å². The first kappa shape index (κ1) is 22.0. The van der Waals surface area contributed by atoms with E-state index in [-0.39, 0.29) is 0 Å². The maximum absolute atomic E-state index is 2.37. The Bertz CT molecular complexity index is 199. The summed E-state index contributed by atoms with van der Waals surface area (Å²) in [6.07, 6.45) is 21.8. The smallest absolute Gasteiger partial charge is 0.0383 e. The highest BCUT2D eigenvalue weighted by atomic mass is 14.2. The molecule has 0 aromatic carbocycles. The zero-order chi connectivity index (χ0) is 16.7. The third kappa shape index (κ3) is 16.4. The number of hydrogen-bond acceptors (Lipinski definition) is 0. The van der Waals surface area contributed by atoms with Gasteiger partial charge in [-0.25, -0.2) is 0 Å². The minimum absolute atomic E-state index is 0.527. The van der Waals surface area contributed by atoms with Crippen molar-refractivity contribution in [3.05, 3.63) is 0 Å². The first-order valence-corrected chi connectivity index (χ1v) is 10.5. The van der Waals surface area contributed by atoms with Crippen LogP contribution in [0.4, 0.5) is 0 Å². The molecule has 0 heterocycles. The van der Waals surface area contributed by atoms with Gasteiger partial charge in [0.15, 0.2) is 0 Å². The van der Waals surface area contributed by atoms with E-state index >= 15 is 0 Å². The Kier molecular flexibility index (Phi) is 14.6. The summed E-state index contributed by atoms with van der Waals surface area (Å²) in [6, 6.07) is 0. The normalized spacial score (nSPS) is 12.3. The monoisotopic (exact) mass is 310 g/mol. The molecule has 0 aliphatic heterocycles. The molecule has 134 valence electrons. The van der Waals surface area contributed by atoms with Crippen LogP contribution in [0.3, 0.4) is 0 Å². The molecule has 0 radical (unpaired) electrons. The largest absolute Gasteiger partial charge is 0.0654 e. The van der Waals surface area contributed by atoms with Gasteiger partial charge < -0.3 is 0 Å². The van der Waals surface area contributed by atoms with Gasteiger partial charge in [-0.05, 0) is 17.8 Å². The average Bonchev–Trinajstić information content (AvgIpc) is 2.45. The predicted octanol–water partition coefficient (Wildman–Crippen LogP) is 8.54. The number of hydrogen-bond donors (Lipinski definition) is 0. The van der Waals surface area contributed by atoms with Gasteiger partial charge in [0.1, 0.15) is 0 Å². The molecule has 0 aliphatic rings. The Morgan fingerprint density at radius 2 is 0.955 bits per heavy atom. The van der Waals surface area contributed by atoms with Gasteiger partial charge in [0.25, 0.3) is 0 Å². The van der Waals surface area contributed by atoms with E-state index in [1.807, 2.05) is 0 Å². The molecule has 0 rings (SSSR count). The summed E-state index contributed by atoms with van der Waals surface area (Å²) in [5, 5.41) is 0. The van der Waals surface area contributed by atoms with Gasteiger partial charge >= 0.3 is 0 Å². The second kappa shape index (κ2) is 14.6. The molecule has 22 heavy (non-hydrogen) atoms. The SMILES string of the molecule is CCCCCCC(CCCCCC)CCCCCC(C)(C)C. The molecule has 0 saturated heterocycles. The van der Waals surface area contributed by atoms with Crippen molar-refractivity contribution in [3.63, 3.8) is 0 Å². The lowest BCUT2D eigenvalue weighted by Crippen LogP contribution is -2.05. The maximum Gasteiger partial charge on any atom is -0.0383 e. The lowest BCUT2D eigenvalue weighted by molar-refractivity contribution is 0.338. The summed E-state index contributed by atoms with van der Waals surface area (Å²) in [5.41, 5.74) is 0.527.